The summed E-state index contributed by atoms with van der Waals surface area (Å²) >= 11 is 0. The van der Waals surface area contributed by atoms with Gasteiger partial charge in [0.2, 0.25) is 0 Å². The summed E-state index contributed by atoms with van der Waals surface area (Å²) < 4.78 is 0. The molecule has 1 heterocycles. The lowest BCUT2D eigenvalue weighted by atomic mass is 10.0. The highest BCUT2D eigenvalue weighted by molar-refractivity contribution is 5.84. The minimum Gasteiger partial charge on any atom is -0.398 e. The van der Waals surface area contributed by atoms with E-state index in [9.17, 15) is 0 Å². The molecule has 1 aliphatic carbocycles. The average Bonchev–Trinajstić information content (AvgIpc) is 3.27. The molecule has 1 unspecified atom stereocenters. The average molecular weight is 284 g/mol. The molecular formula is C17H24N4. The molecule has 1 aliphatic heterocycles. The normalized spacial score (nSPS) is 23.3. The Labute approximate surface area is 126 Å². The molecule has 1 saturated heterocycles. The molecular weight excluding hydrogens is 260 g/mol. The van der Waals surface area contributed by atoms with Gasteiger partial charge in [-0.25, -0.2) is 5.01 Å². The number of rotatable bonds is 5. The van der Waals surface area contributed by atoms with Crippen molar-refractivity contribution in [1.82, 2.24) is 5.01 Å². The zero-order valence-electron chi connectivity index (χ0n) is 12.8. The first kappa shape index (κ1) is 14.1. The summed E-state index contributed by atoms with van der Waals surface area (Å²) in [5, 5.41) is 2.37. The predicted octanol–water partition coefficient (Wildman–Crippen LogP) is 2.81. The molecule has 1 atom stereocenters. The fourth-order valence-corrected chi connectivity index (χ4v) is 2.93. The molecule has 3 N–H and O–H groups in total. The van der Waals surface area contributed by atoms with Crippen LogP contribution in [0.15, 0.2) is 29.3 Å². The third-order valence-electron chi connectivity index (χ3n) is 4.46. The predicted molar refractivity (Wildman–Crippen MR) is 89.2 cm³/mol. The van der Waals surface area contributed by atoms with Crippen LogP contribution in [0.25, 0.3) is 5.70 Å². The number of anilines is 1. The fourth-order valence-electron chi connectivity index (χ4n) is 2.93. The number of nitrogens with two attached hydrogens (primary N) is 1. The van der Waals surface area contributed by atoms with E-state index in [4.69, 9.17) is 5.73 Å². The second kappa shape index (κ2) is 5.90. The van der Waals surface area contributed by atoms with Crippen LogP contribution in [0.2, 0.25) is 0 Å². The molecule has 0 radical (unpaired) electrons. The maximum Gasteiger partial charge on any atom is 0.0497 e. The van der Waals surface area contributed by atoms with E-state index >= 15 is 0 Å². The van der Waals surface area contributed by atoms with Crippen molar-refractivity contribution in [1.29, 1.82) is 0 Å². The fraction of sp³-hybridized carbons (Fsp3) is 0.471. The molecule has 2 aliphatic rings. The van der Waals surface area contributed by atoms with Gasteiger partial charge in [-0.3, -0.25) is 4.99 Å². The Kier molecular flexibility index (Phi) is 3.97. The van der Waals surface area contributed by atoms with E-state index in [1.54, 1.807) is 13.3 Å². The molecule has 0 bridgehead atoms. The molecule has 0 spiro atoms. The van der Waals surface area contributed by atoms with Gasteiger partial charge in [0.25, 0.3) is 0 Å². The van der Waals surface area contributed by atoms with Gasteiger partial charge < -0.3 is 11.2 Å². The summed E-state index contributed by atoms with van der Waals surface area (Å²) in [6.45, 7) is 3.22. The van der Waals surface area contributed by atoms with E-state index in [0.29, 0.717) is 0 Å². The van der Waals surface area contributed by atoms with Gasteiger partial charge >= 0.3 is 0 Å². The highest BCUT2D eigenvalue weighted by atomic mass is 15.5. The minimum absolute atomic E-state index is 0.731. The summed E-state index contributed by atoms with van der Waals surface area (Å²) in [6, 6.07) is 7.11. The molecule has 112 valence electrons. The summed E-state index contributed by atoms with van der Waals surface area (Å²) in [5.74, 6) is 0.918. The van der Waals surface area contributed by atoms with Crippen molar-refractivity contribution >= 4 is 17.6 Å². The lowest BCUT2D eigenvalue weighted by Gasteiger charge is -2.42. The van der Waals surface area contributed by atoms with Crippen LogP contribution in [0.4, 0.5) is 5.69 Å². The molecule has 1 saturated carbocycles. The second-order valence-corrected chi connectivity index (χ2v) is 6.06. The van der Waals surface area contributed by atoms with Crippen LogP contribution in [-0.4, -0.2) is 30.9 Å². The molecule has 0 aromatic heterocycles. The first-order chi connectivity index (χ1) is 10.2. The lowest BCUT2D eigenvalue weighted by molar-refractivity contribution is 0.105. The van der Waals surface area contributed by atoms with Crippen molar-refractivity contribution in [3.63, 3.8) is 0 Å². The first-order valence-electron chi connectivity index (χ1n) is 7.71. The number of aryl methyl sites for hydroxylation is 1. The van der Waals surface area contributed by atoms with Crippen LogP contribution in [0.3, 0.4) is 0 Å². The van der Waals surface area contributed by atoms with E-state index in [1.165, 1.54) is 24.8 Å². The number of hydrogen-bond donors (Lipinski definition) is 2. The van der Waals surface area contributed by atoms with Crippen LogP contribution in [0, 0.1) is 12.8 Å². The van der Waals surface area contributed by atoms with Crippen LogP contribution in [0.1, 0.15) is 30.4 Å². The van der Waals surface area contributed by atoms with Gasteiger partial charge in [-0.2, -0.15) is 0 Å². The van der Waals surface area contributed by atoms with Crippen LogP contribution in [-0.2, 0) is 0 Å². The lowest BCUT2D eigenvalue weighted by Crippen LogP contribution is -2.52. The molecule has 3 rings (SSSR count). The van der Waals surface area contributed by atoms with Gasteiger partial charge in [-0.1, -0.05) is 6.07 Å². The largest absolute Gasteiger partial charge is 0.398 e. The van der Waals surface area contributed by atoms with Crippen molar-refractivity contribution in [2.24, 2.45) is 16.6 Å². The standard InChI is InChI=1S/C17H24N4/c1-12-3-6-14(11-15(12)16(18)7-9-19-2)20-21-10-8-17(21)13-4-5-13/h3,6-7,9,11,13,17,20H,4-5,8,10,18H2,1-2H3/b16-7-,19-9?. The summed E-state index contributed by atoms with van der Waals surface area (Å²) in [4.78, 5) is 3.96. The van der Waals surface area contributed by atoms with Gasteiger partial charge in [0.05, 0.1) is 0 Å². The first-order valence-corrected chi connectivity index (χ1v) is 7.71. The Bertz CT molecular complexity index is 572. The van der Waals surface area contributed by atoms with Gasteiger partial charge in [0.15, 0.2) is 0 Å². The number of nitrogens with one attached hydrogen (secondary N) is 1. The Hall–Kier alpha value is -1.81. The highest BCUT2D eigenvalue weighted by Gasteiger charge is 2.40. The Balaban J connectivity index is 1.74. The maximum atomic E-state index is 6.14. The second-order valence-electron chi connectivity index (χ2n) is 6.06. The van der Waals surface area contributed by atoms with E-state index in [1.807, 2.05) is 6.08 Å². The van der Waals surface area contributed by atoms with E-state index < -0.39 is 0 Å². The Morgan fingerprint density at radius 3 is 2.81 bits per heavy atom. The molecule has 1 aromatic carbocycles. The van der Waals surface area contributed by atoms with Crippen molar-refractivity contribution in [2.75, 3.05) is 19.0 Å². The van der Waals surface area contributed by atoms with Gasteiger partial charge in [-0.05, 0) is 55.9 Å². The molecule has 21 heavy (non-hydrogen) atoms. The number of hydrogen-bond acceptors (Lipinski definition) is 4. The van der Waals surface area contributed by atoms with Crippen molar-refractivity contribution in [3.8, 4) is 0 Å². The SMILES string of the molecule is CN=C/C=C(\N)c1cc(NN2CCC2C2CC2)ccc1C. The van der Waals surface area contributed by atoms with Crippen LogP contribution in [0.5, 0.6) is 0 Å². The molecule has 0 amide bonds. The zero-order valence-corrected chi connectivity index (χ0v) is 12.8. The highest BCUT2D eigenvalue weighted by Crippen LogP contribution is 2.40. The van der Waals surface area contributed by atoms with Crippen molar-refractivity contribution < 1.29 is 0 Å². The number of benzene rings is 1. The summed E-state index contributed by atoms with van der Waals surface area (Å²) in [6.07, 6.45) is 7.70. The number of nitrogens with zero attached hydrogens (tertiary/aromatic N) is 2. The van der Waals surface area contributed by atoms with E-state index in [-0.39, 0.29) is 0 Å². The summed E-state index contributed by atoms with van der Waals surface area (Å²) in [7, 11) is 1.75. The molecule has 4 nitrogen and oxygen atoms in total. The molecule has 1 aromatic rings. The number of allylic oxidation sites excluding steroid dienone is 1. The molecule has 2 fully saturated rings. The van der Waals surface area contributed by atoms with Gasteiger partial charge in [0.1, 0.15) is 0 Å². The van der Waals surface area contributed by atoms with E-state index in [2.05, 4.69) is 40.5 Å². The minimum atomic E-state index is 0.731. The van der Waals surface area contributed by atoms with Gasteiger partial charge in [-0.15, -0.1) is 0 Å². The smallest absolute Gasteiger partial charge is 0.0497 e. The van der Waals surface area contributed by atoms with Crippen molar-refractivity contribution in [3.05, 3.63) is 35.4 Å². The van der Waals surface area contributed by atoms with Crippen LogP contribution < -0.4 is 11.2 Å². The number of hydrazine groups is 1. The van der Waals surface area contributed by atoms with Crippen LogP contribution >= 0.6 is 0 Å². The van der Waals surface area contributed by atoms with Gasteiger partial charge in [0, 0.05) is 42.8 Å². The maximum absolute atomic E-state index is 6.14. The summed E-state index contributed by atoms with van der Waals surface area (Å²) in [5.41, 5.74) is 13.8. The van der Waals surface area contributed by atoms with Crippen molar-refractivity contribution in [2.45, 2.75) is 32.2 Å². The third-order valence-corrected chi connectivity index (χ3v) is 4.46. The quantitative estimate of drug-likeness (QED) is 0.818. The monoisotopic (exact) mass is 284 g/mol. The zero-order chi connectivity index (χ0) is 14.8. The topological polar surface area (TPSA) is 53.6 Å². The third kappa shape index (κ3) is 3.10. The number of aliphatic imine (C=N–C) groups is 1. The van der Waals surface area contributed by atoms with E-state index in [0.717, 1.165) is 35.5 Å². The Morgan fingerprint density at radius 2 is 2.19 bits per heavy atom. The molecule has 4 heteroatoms. The Morgan fingerprint density at radius 1 is 1.38 bits per heavy atom.